The topological polar surface area (TPSA) is 74.2 Å². The maximum atomic E-state index is 5.69. The molecule has 2 aromatic rings. The molecule has 0 saturated heterocycles. The molecule has 96 valence electrons. The molecule has 0 aliphatic carbocycles. The monoisotopic (exact) mass is 247 g/mol. The fourth-order valence-electron chi connectivity index (χ4n) is 1.64. The summed E-state index contributed by atoms with van der Waals surface area (Å²) in [6.45, 7) is 2.88. The third kappa shape index (κ3) is 3.07. The van der Waals surface area contributed by atoms with Crippen molar-refractivity contribution in [2.75, 3.05) is 6.54 Å². The van der Waals surface area contributed by atoms with Crippen molar-refractivity contribution in [2.45, 2.75) is 26.4 Å². The molecule has 0 radical (unpaired) electrons. The van der Waals surface area contributed by atoms with Crippen LogP contribution in [0.5, 0.6) is 5.75 Å². The lowest BCUT2D eigenvalue weighted by molar-refractivity contribution is 0.282. The van der Waals surface area contributed by atoms with Gasteiger partial charge in [-0.1, -0.05) is 30.3 Å². The highest BCUT2D eigenvalue weighted by Crippen LogP contribution is 2.19. The van der Waals surface area contributed by atoms with Gasteiger partial charge in [-0.2, -0.15) is 4.98 Å². The Kier molecular flexibility index (Phi) is 4.30. The van der Waals surface area contributed by atoms with Gasteiger partial charge in [-0.25, -0.2) is 0 Å². The molecule has 5 heteroatoms. The first kappa shape index (κ1) is 12.6. The SMILES string of the molecule is CCc1nc(COc2ccccc2CCN)no1. The third-order valence-electron chi connectivity index (χ3n) is 2.56. The molecule has 0 atom stereocenters. The van der Waals surface area contributed by atoms with Crippen LogP contribution in [0.1, 0.15) is 24.2 Å². The van der Waals surface area contributed by atoms with Gasteiger partial charge in [0.2, 0.25) is 11.7 Å². The molecule has 0 amide bonds. The first-order valence-corrected chi connectivity index (χ1v) is 6.05. The summed E-state index contributed by atoms with van der Waals surface area (Å²) in [7, 11) is 0. The van der Waals surface area contributed by atoms with Crippen LogP contribution in [0.4, 0.5) is 0 Å². The molecule has 0 aliphatic heterocycles. The summed E-state index contributed by atoms with van der Waals surface area (Å²) >= 11 is 0. The van der Waals surface area contributed by atoms with Crippen molar-refractivity contribution in [3.63, 3.8) is 0 Å². The number of para-hydroxylation sites is 1. The van der Waals surface area contributed by atoms with E-state index in [9.17, 15) is 0 Å². The van der Waals surface area contributed by atoms with Gasteiger partial charge in [0.15, 0.2) is 6.61 Å². The van der Waals surface area contributed by atoms with Gasteiger partial charge in [0.1, 0.15) is 5.75 Å². The Hall–Kier alpha value is -1.88. The fraction of sp³-hybridized carbons (Fsp3) is 0.385. The number of benzene rings is 1. The Bertz CT molecular complexity index is 496. The molecule has 2 N–H and O–H groups in total. The molecule has 0 aliphatic rings. The van der Waals surface area contributed by atoms with E-state index in [-0.39, 0.29) is 0 Å². The number of hydrogen-bond donors (Lipinski definition) is 1. The Morgan fingerprint density at radius 1 is 1.33 bits per heavy atom. The molecule has 18 heavy (non-hydrogen) atoms. The van der Waals surface area contributed by atoms with Crippen LogP contribution >= 0.6 is 0 Å². The van der Waals surface area contributed by atoms with Crippen LogP contribution in [0.2, 0.25) is 0 Å². The standard InChI is InChI=1S/C13H17N3O2/c1-2-13-15-12(16-18-13)9-17-11-6-4-3-5-10(11)7-8-14/h3-6H,2,7-9,14H2,1H3. The van der Waals surface area contributed by atoms with Crippen LogP contribution < -0.4 is 10.5 Å². The zero-order valence-corrected chi connectivity index (χ0v) is 10.4. The molecule has 0 spiro atoms. The number of ether oxygens (including phenoxy) is 1. The number of nitrogens with two attached hydrogens (primary N) is 1. The van der Waals surface area contributed by atoms with Gasteiger partial charge in [-0.05, 0) is 24.6 Å². The van der Waals surface area contributed by atoms with Gasteiger partial charge >= 0.3 is 0 Å². The van der Waals surface area contributed by atoms with E-state index in [1.165, 1.54) is 0 Å². The molecule has 0 bridgehead atoms. The van der Waals surface area contributed by atoms with E-state index in [1.54, 1.807) is 0 Å². The summed E-state index contributed by atoms with van der Waals surface area (Å²) < 4.78 is 10.7. The van der Waals surface area contributed by atoms with E-state index in [0.29, 0.717) is 24.9 Å². The predicted molar refractivity (Wildman–Crippen MR) is 67.2 cm³/mol. The highest BCUT2D eigenvalue weighted by Gasteiger charge is 2.07. The lowest BCUT2D eigenvalue weighted by atomic mass is 10.1. The molecule has 1 aromatic heterocycles. The molecular weight excluding hydrogens is 230 g/mol. The molecule has 2 rings (SSSR count). The summed E-state index contributed by atoms with van der Waals surface area (Å²) in [4.78, 5) is 4.19. The minimum Gasteiger partial charge on any atom is -0.485 e. The number of aromatic nitrogens is 2. The minimum atomic E-state index is 0.311. The predicted octanol–water partition coefficient (Wildman–Crippen LogP) is 1.71. The van der Waals surface area contributed by atoms with Crippen molar-refractivity contribution >= 4 is 0 Å². The zero-order valence-electron chi connectivity index (χ0n) is 10.4. The first-order chi connectivity index (χ1) is 8.83. The van der Waals surface area contributed by atoms with E-state index in [0.717, 1.165) is 24.2 Å². The van der Waals surface area contributed by atoms with Crippen LogP contribution in [0, 0.1) is 0 Å². The first-order valence-electron chi connectivity index (χ1n) is 6.05. The lowest BCUT2D eigenvalue weighted by Crippen LogP contribution is -2.05. The second-order valence-electron chi connectivity index (χ2n) is 3.89. The minimum absolute atomic E-state index is 0.311. The van der Waals surface area contributed by atoms with Crippen LogP contribution in [0.3, 0.4) is 0 Å². The van der Waals surface area contributed by atoms with Crippen molar-refractivity contribution in [1.82, 2.24) is 10.1 Å². The highest BCUT2D eigenvalue weighted by atomic mass is 16.5. The summed E-state index contributed by atoms with van der Waals surface area (Å²) in [6, 6.07) is 7.84. The lowest BCUT2D eigenvalue weighted by Gasteiger charge is -2.08. The Morgan fingerprint density at radius 3 is 2.89 bits per heavy atom. The van der Waals surface area contributed by atoms with Crippen molar-refractivity contribution in [3.8, 4) is 5.75 Å². The zero-order chi connectivity index (χ0) is 12.8. The Labute approximate surface area is 106 Å². The normalized spacial score (nSPS) is 10.6. The maximum absolute atomic E-state index is 5.69. The maximum Gasteiger partial charge on any atom is 0.226 e. The van der Waals surface area contributed by atoms with E-state index < -0.39 is 0 Å². The van der Waals surface area contributed by atoms with Gasteiger partial charge in [0, 0.05) is 6.42 Å². The smallest absolute Gasteiger partial charge is 0.226 e. The molecule has 1 heterocycles. The van der Waals surface area contributed by atoms with Crippen LogP contribution in [0.15, 0.2) is 28.8 Å². The molecule has 5 nitrogen and oxygen atoms in total. The molecule has 1 aromatic carbocycles. The van der Waals surface area contributed by atoms with Gasteiger partial charge in [-0.3, -0.25) is 0 Å². The van der Waals surface area contributed by atoms with Gasteiger partial charge < -0.3 is 15.0 Å². The summed E-state index contributed by atoms with van der Waals surface area (Å²) in [5, 5.41) is 3.84. The average molecular weight is 247 g/mol. The highest BCUT2D eigenvalue weighted by molar-refractivity contribution is 5.33. The molecule has 0 unspecified atom stereocenters. The van der Waals surface area contributed by atoms with E-state index >= 15 is 0 Å². The van der Waals surface area contributed by atoms with Crippen molar-refractivity contribution in [2.24, 2.45) is 5.73 Å². The van der Waals surface area contributed by atoms with Gasteiger partial charge in [-0.15, -0.1) is 0 Å². The van der Waals surface area contributed by atoms with Gasteiger partial charge in [0.05, 0.1) is 0 Å². The van der Waals surface area contributed by atoms with Crippen LogP contribution in [-0.2, 0) is 19.4 Å². The fourth-order valence-corrected chi connectivity index (χ4v) is 1.64. The molecule has 0 saturated carbocycles. The average Bonchev–Trinajstić information content (AvgIpc) is 2.86. The summed E-state index contributed by atoms with van der Waals surface area (Å²) in [5.41, 5.74) is 6.66. The third-order valence-corrected chi connectivity index (χ3v) is 2.56. The van der Waals surface area contributed by atoms with Crippen molar-refractivity contribution in [1.29, 1.82) is 0 Å². The summed E-state index contributed by atoms with van der Waals surface area (Å²) in [5.74, 6) is 2.02. The van der Waals surface area contributed by atoms with E-state index in [4.69, 9.17) is 15.0 Å². The quantitative estimate of drug-likeness (QED) is 0.841. The Balaban J connectivity index is 2.01. The van der Waals surface area contributed by atoms with E-state index in [1.807, 2.05) is 31.2 Å². The van der Waals surface area contributed by atoms with Crippen LogP contribution in [-0.4, -0.2) is 16.7 Å². The molecular formula is C13H17N3O2. The summed E-state index contributed by atoms with van der Waals surface area (Å²) in [6.07, 6.45) is 1.53. The molecule has 0 fully saturated rings. The van der Waals surface area contributed by atoms with Crippen LogP contribution in [0.25, 0.3) is 0 Å². The number of rotatable bonds is 6. The Morgan fingerprint density at radius 2 is 2.17 bits per heavy atom. The second kappa shape index (κ2) is 6.16. The number of aryl methyl sites for hydroxylation is 1. The second-order valence-corrected chi connectivity index (χ2v) is 3.89. The van der Waals surface area contributed by atoms with Gasteiger partial charge in [0.25, 0.3) is 0 Å². The number of hydrogen-bond acceptors (Lipinski definition) is 5. The van der Waals surface area contributed by atoms with E-state index in [2.05, 4.69) is 10.1 Å². The number of nitrogens with zero attached hydrogens (tertiary/aromatic N) is 2. The largest absolute Gasteiger partial charge is 0.485 e. The van der Waals surface area contributed by atoms with Crippen molar-refractivity contribution < 1.29 is 9.26 Å². The van der Waals surface area contributed by atoms with Crippen molar-refractivity contribution in [3.05, 3.63) is 41.5 Å².